The third-order valence-electron chi connectivity index (χ3n) is 5.82. The van der Waals surface area contributed by atoms with Gasteiger partial charge in [0.15, 0.2) is 5.69 Å². The third-order valence-corrected chi connectivity index (χ3v) is 6.05. The van der Waals surface area contributed by atoms with Crippen molar-refractivity contribution in [2.45, 2.75) is 32.2 Å². The van der Waals surface area contributed by atoms with Crippen LogP contribution in [0.1, 0.15) is 47.0 Å². The SMILES string of the molecule is CCCN(C(=O)c1ccn(-c2cccc(Cl)c2)n1)C1CCN(C(=O)c2ccccc2)CC1. The van der Waals surface area contributed by atoms with Crippen molar-refractivity contribution in [3.63, 3.8) is 0 Å². The van der Waals surface area contributed by atoms with Crippen molar-refractivity contribution in [2.24, 2.45) is 0 Å². The van der Waals surface area contributed by atoms with E-state index in [4.69, 9.17) is 11.6 Å². The summed E-state index contributed by atoms with van der Waals surface area (Å²) >= 11 is 6.09. The van der Waals surface area contributed by atoms with Gasteiger partial charge in [-0.25, -0.2) is 4.68 Å². The summed E-state index contributed by atoms with van der Waals surface area (Å²) in [6.45, 7) is 4.02. The van der Waals surface area contributed by atoms with Gasteiger partial charge in [-0.2, -0.15) is 5.10 Å². The zero-order chi connectivity index (χ0) is 22.5. The van der Waals surface area contributed by atoms with Crippen molar-refractivity contribution in [3.05, 3.63) is 83.1 Å². The molecule has 2 heterocycles. The molecule has 7 heteroatoms. The average molecular weight is 451 g/mol. The van der Waals surface area contributed by atoms with E-state index in [9.17, 15) is 9.59 Å². The Bertz CT molecular complexity index is 1070. The number of piperidine rings is 1. The molecule has 2 aromatic carbocycles. The first-order chi connectivity index (χ1) is 15.6. The number of halogens is 1. The lowest BCUT2D eigenvalue weighted by molar-refractivity contribution is 0.0515. The van der Waals surface area contributed by atoms with Gasteiger partial charge in [-0.05, 0) is 55.7 Å². The molecule has 4 rings (SSSR count). The second-order valence-electron chi connectivity index (χ2n) is 8.01. The standard InChI is InChI=1S/C25H27ClN4O2/c1-2-14-29(21-11-15-28(16-12-21)24(31)19-7-4-3-5-8-19)25(32)23-13-17-30(27-23)22-10-6-9-20(26)18-22/h3-10,13,17-18,21H,2,11-12,14-16H2,1H3. The van der Waals surface area contributed by atoms with E-state index < -0.39 is 0 Å². The maximum Gasteiger partial charge on any atom is 0.274 e. The van der Waals surface area contributed by atoms with E-state index in [1.165, 1.54) is 0 Å². The van der Waals surface area contributed by atoms with Crippen molar-refractivity contribution in [2.75, 3.05) is 19.6 Å². The number of nitrogens with zero attached hydrogens (tertiary/aromatic N) is 4. The molecule has 3 aromatic rings. The highest BCUT2D eigenvalue weighted by molar-refractivity contribution is 6.30. The first-order valence-electron chi connectivity index (χ1n) is 11.0. The molecule has 32 heavy (non-hydrogen) atoms. The van der Waals surface area contributed by atoms with Crippen LogP contribution in [0.3, 0.4) is 0 Å². The van der Waals surface area contributed by atoms with Gasteiger partial charge in [-0.15, -0.1) is 0 Å². The Morgan fingerprint density at radius 3 is 2.50 bits per heavy atom. The summed E-state index contributed by atoms with van der Waals surface area (Å²) in [5.41, 5.74) is 1.94. The summed E-state index contributed by atoms with van der Waals surface area (Å²) in [5, 5.41) is 5.13. The third kappa shape index (κ3) is 4.86. The lowest BCUT2D eigenvalue weighted by Crippen LogP contribution is -2.49. The average Bonchev–Trinajstić information content (AvgIpc) is 3.33. The molecule has 1 aromatic heterocycles. The predicted molar refractivity (Wildman–Crippen MR) is 125 cm³/mol. The molecule has 0 bridgehead atoms. The van der Waals surface area contributed by atoms with E-state index in [0.29, 0.717) is 35.9 Å². The van der Waals surface area contributed by atoms with E-state index in [0.717, 1.165) is 24.9 Å². The minimum Gasteiger partial charge on any atom is -0.338 e. The molecule has 0 unspecified atom stereocenters. The number of carbonyl (C=O) groups excluding carboxylic acids is 2. The lowest BCUT2D eigenvalue weighted by atomic mass is 10.0. The number of likely N-dealkylation sites (tertiary alicyclic amines) is 1. The van der Waals surface area contributed by atoms with Crippen LogP contribution in [0.2, 0.25) is 5.02 Å². The summed E-state index contributed by atoms with van der Waals surface area (Å²) in [6, 6.07) is 18.6. The number of aromatic nitrogens is 2. The highest BCUT2D eigenvalue weighted by Gasteiger charge is 2.31. The van der Waals surface area contributed by atoms with Gasteiger partial charge in [0.1, 0.15) is 0 Å². The Balaban J connectivity index is 1.44. The van der Waals surface area contributed by atoms with Crippen LogP contribution in [0.5, 0.6) is 0 Å². The Morgan fingerprint density at radius 2 is 1.81 bits per heavy atom. The smallest absolute Gasteiger partial charge is 0.274 e. The van der Waals surface area contributed by atoms with Gasteiger partial charge in [-0.1, -0.05) is 42.8 Å². The number of benzene rings is 2. The molecule has 0 saturated carbocycles. The predicted octanol–water partition coefficient (Wildman–Crippen LogP) is 4.68. The van der Waals surface area contributed by atoms with Crippen LogP contribution in [0, 0.1) is 0 Å². The molecule has 1 fully saturated rings. The molecule has 0 atom stereocenters. The van der Waals surface area contributed by atoms with Gasteiger partial charge in [-0.3, -0.25) is 9.59 Å². The monoisotopic (exact) mass is 450 g/mol. The van der Waals surface area contributed by atoms with Gasteiger partial charge in [0.05, 0.1) is 5.69 Å². The zero-order valence-electron chi connectivity index (χ0n) is 18.2. The van der Waals surface area contributed by atoms with Crippen LogP contribution in [0.25, 0.3) is 5.69 Å². The molecule has 0 aliphatic carbocycles. The number of hydrogen-bond acceptors (Lipinski definition) is 3. The number of amides is 2. The maximum atomic E-state index is 13.3. The fraction of sp³-hybridized carbons (Fsp3) is 0.320. The van der Waals surface area contributed by atoms with E-state index in [-0.39, 0.29) is 17.9 Å². The minimum absolute atomic E-state index is 0.0534. The topological polar surface area (TPSA) is 58.4 Å². The quantitative estimate of drug-likeness (QED) is 0.547. The molecular weight excluding hydrogens is 424 g/mol. The van der Waals surface area contributed by atoms with E-state index in [1.807, 2.05) is 58.3 Å². The minimum atomic E-state index is -0.0690. The molecule has 0 N–H and O–H groups in total. The van der Waals surface area contributed by atoms with Gasteiger partial charge in [0.25, 0.3) is 11.8 Å². The van der Waals surface area contributed by atoms with Crippen molar-refractivity contribution in [3.8, 4) is 5.69 Å². The van der Waals surface area contributed by atoms with Crippen LogP contribution in [-0.2, 0) is 0 Å². The van der Waals surface area contributed by atoms with Gasteiger partial charge in [0, 0.05) is 42.5 Å². The number of hydrogen-bond donors (Lipinski definition) is 0. The maximum absolute atomic E-state index is 13.3. The summed E-state index contributed by atoms with van der Waals surface area (Å²) in [5.74, 6) is -0.0156. The van der Waals surface area contributed by atoms with Crippen LogP contribution >= 0.6 is 11.6 Å². The highest BCUT2D eigenvalue weighted by atomic mass is 35.5. The first-order valence-corrected chi connectivity index (χ1v) is 11.4. The molecule has 1 saturated heterocycles. The van der Waals surface area contributed by atoms with Crippen LogP contribution in [0.15, 0.2) is 66.9 Å². The Labute approximate surface area is 193 Å². The molecule has 0 radical (unpaired) electrons. The van der Waals surface area contributed by atoms with Gasteiger partial charge < -0.3 is 9.80 Å². The molecule has 0 spiro atoms. The summed E-state index contributed by atoms with van der Waals surface area (Å²) in [6.07, 6.45) is 4.17. The zero-order valence-corrected chi connectivity index (χ0v) is 18.9. The second-order valence-corrected chi connectivity index (χ2v) is 8.45. The molecule has 1 aliphatic heterocycles. The summed E-state index contributed by atoms with van der Waals surface area (Å²) < 4.78 is 1.67. The molecule has 6 nitrogen and oxygen atoms in total. The lowest BCUT2D eigenvalue weighted by Gasteiger charge is -2.38. The van der Waals surface area contributed by atoms with E-state index >= 15 is 0 Å². The van der Waals surface area contributed by atoms with Gasteiger partial charge >= 0.3 is 0 Å². The highest BCUT2D eigenvalue weighted by Crippen LogP contribution is 2.21. The molecule has 2 amide bonds. The Morgan fingerprint density at radius 1 is 1.06 bits per heavy atom. The van der Waals surface area contributed by atoms with E-state index in [2.05, 4.69) is 12.0 Å². The van der Waals surface area contributed by atoms with Gasteiger partial charge in [0.2, 0.25) is 0 Å². The number of carbonyl (C=O) groups is 2. The van der Waals surface area contributed by atoms with Crippen LogP contribution in [-0.4, -0.2) is 57.1 Å². The normalized spacial score (nSPS) is 14.4. The van der Waals surface area contributed by atoms with Crippen molar-refractivity contribution in [1.82, 2.24) is 19.6 Å². The largest absolute Gasteiger partial charge is 0.338 e. The first kappa shape index (κ1) is 22.1. The van der Waals surface area contributed by atoms with Crippen LogP contribution < -0.4 is 0 Å². The second kappa shape index (κ2) is 10.0. The molecule has 1 aliphatic rings. The van der Waals surface area contributed by atoms with Crippen LogP contribution in [0.4, 0.5) is 0 Å². The van der Waals surface area contributed by atoms with E-state index in [1.54, 1.807) is 23.0 Å². The summed E-state index contributed by atoms with van der Waals surface area (Å²) in [4.78, 5) is 29.9. The Hall–Kier alpha value is -3.12. The molecular formula is C25H27ClN4O2. The fourth-order valence-electron chi connectivity index (χ4n) is 4.18. The van der Waals surface area contributed by atoms with Crippen molar-refractivity contribution in [1.29, 1.82) is 0 Å². The number of rotatable bonds is 6. The fourth-order valence-corrected chi connectivity index (χ4v) is 4.37. The summed E-state index contributed by atoms with van der Waals surface area (Å²) in [7, 11) is 0. The Kier molecular flexibility index (Phi) is 6.90. The molecule has 166 valence electrons. The van der Waals surface area contributed by atoms with Crippen molar-refractivity contribution >= 4 is 23.4 Å². The van der Waals surface area contributed by atoms with Crippen molar-refractivity contribution < 1.29 is 9.59 Å².